The summed E-state index contributed by atoms with van der Waals surface area (Å²) in [5.41, 5.74) is 8.08. The van der Waals surface area contributed by atoms with Crippen molar-refractivity contribution >= 4 is 11.7 Å². The number of ether oxygens (including phenoxy) is 1. The highest BCUT2D eigenvalue weighted by Gasteiger charge is 2.38. The van der Waals surface area contributed by atoms with Gasteiger partial charge in [0.05, 0.1) is 29.1 Å². The van der Waals surface area contributed by atoms with Gasteiger partial charge in [0, 0.05) is 6.42 Å². The third-order valence-electron chi connectivity index (χ3n) is 7.21. The molecule has 0 saturated heterocycles. The number of rotatable bonds is 14. The van der Waals surface area contributed by atoms with Gasteiger partial charge in [0.2, 0.25) is 5.91 Å². The third-order valence-corrected chi connectivity index (χ3v) is 7.21. The van der Waals surface area contributed by atoms with Crippen LogP contribution in [0.4, 0.5) is 0 Å². The molecule has 2 N–H and O–H groups in total. The largest absolute Gasteiger partial charge is 0.494 e. The normalized spacial score (nSPS) is 11.2. The van der Waals surface area contributed by atoms with Crippen LogP contribution in [0.25, 0.3) is 0 Å². The van der Waals surface area contributed by atoms with Crippen molar-refractivity contribution in [2.75, 3.05) is 6.61 Å². The molecule has 0 unspecified atom stereocenters. The number of benzene rings is 2. The Morgan fingerprint density at radius 1 is 0.921 bits per heavy atom. The van der Waals surface area contributed by atoms with Crippen molar-refractivity contribution in [3.63, 3.8) is 0 Å². The van der Waals surface area contributed by atoms with Crippen molar-refractivity contribution in [1.82, 2.24) is 0 Å². The van der Waals surface area contributed by atoms with Crippen LogP contribution in [-0.2, 0) is 20.4 Å². The van der Waals surface area contributed by atoms with Crippen LogP contribution in [0.1, 0.15) is 115 Å². The van der Waals surface area contributed by atoms with E-state index in [2.05, 4.69) is 40.7 Å². The van der Waals surface area contributed by atoms with Gasteiger partial charge >= 0.3 is 0 Å². The Morgan fingerprint density at radius 2 is 1.53 bits per heavy atom. The number of nitrogens with zero attached hydrogens (tertiary/aromatic N) is 1. The quantitative estimate of drug-likeness (QED) is 0.258. The lowest BCUT2D eigenvalue weighted by Gasteiger charge is -2.34. The van der Waals surface area contributed by atoms with Crippen LogP contribution in [0.5, 0.6) is 5.75 Å². The molecule has 5 nitrogen and oxygen atoms in total. The summed E-state index contributed by atoms with van der Waals surface area (Å²) in [4.78, 5) is 24.2. The second kappa shape index (κ2) is 16.0. The molecule has 2 rings (SSSR count). The fraction of sp³-hybridized carbons (Fsp3) is 0.545. The first-order valence-corrected chi connectivity index (χ1v) is 14.1. The van der Waals surface area contributed by atoms with Crippen LogP contribution >= 0.6 is 0 Å². The first kappa shape index (κ1) is 32.9. The molecule has 2 aromatic carbocycles. The highest BCUT2D eigenvalue weighted by atomic mass is 16.5. The highest BCUT2D eigenvalue weighted by Crippen LogP contribution is 2.39. The number of amides is 1. The standard InChI is InChI=1S/C19H27NO.C14H21NO2/c1-5-8-18(21)19(11-6-2,12-7-3)17-13-16(14-20)10-9-15(17)4;1-4-5-10-17-12-8-6-11(7-9-12)14(2,3)13(15)16/h9-10,13H,5-8,11-12H2,1-4H3;6-9H,4-5,10H2,1-3H3,(H2,15,16). The van der Waals surface area contributed by atoms with E-state index in [0.29, 0.717) is 17.8 Å². The fourth-order valence-electron chi connectivity index (χ4n) is 4.79. The fourth-order valence-corrected chi connectivity index (χ4v) is 4.79. The number of nitriles is 1. The second-order valence-corrected chi connectivity index (χ2v) is 10.6. The summed E-state index contributed by atoms with van der Waals surface area (Å²) in [5.74, 6) is 0.853. The zero-order chi connectivity index (χ0) is 28.8. The van der Waals surface area contributed by atoms with Crippen LogP contribution in [0.15, 0.2) is 42.5 Å². The Kier molecular flexibility index (Phi) is 13.8. The van der Waals surface area contributed by atoms with Crippen LogP contribution < -0.4 is 10.5 Å². The Balaban J connectivity index is 0.000000389. The molecule has 0 aliphatic carbocycles. The average molecular weight is 521 g/mol. The zero-order valence-corrected chi connectivity index (χ0v) is 24.7. The zero-order valence-electron chi connectivity index (χ0n) is 24.7. The van der Waals surface area contributed by atoms with E-state index in [1.54, 1.807) is 0 Å². The molecule has 0 aliphatic rings. The van der Waals surface area contributed by atoms with Gasteiger partial charge in [-0.15, -0.1) is 0 Å². The van der Waals surface area contributed by atoms with E-state index in [1.165, 1.54) is 0 Å². The van der Waals surface area contributed by atoms with Crippen LogP contribution in [0, 0.1) is 18.3 Å². The molecule has 0 fully saturated rings. The Hall–Kier alpha value is -3.13. The second-order valence-electron chi connectivity index (χ2n) is 10.6. The average Bonchev–Trinajstić information content (AvgIpc) is 2.89. The van der Waals surface area contributed by atoms with Gasteiger partial charge < -0.3 is 10.5 Å². The molecular weight excluding hydrogens is 472 g/mol. The molecule has 208 valence electrons. The van der Waals surface area contributed by atoms with E-state index in [4.69, 9.17) is 10.5 Å². The summed E-state index contributed by atoms with van der Waals surface area (Å²) < 4.78 is 5.56. The Morgan fingerprint density at radius 3 is 2.00 bits per heavy atom. The van der Waals surface area contributed by atoms with Crippen LogP contribution in [0.2, 0.25) is 0 Å². The molecule has 38 heavy (non-hydrogen) atoms. The van der Waals surface area contributed by atoms with Gasteiger partial charge in [-0.05, 0) is 87.4 Å². The molecule has 0 radical (unpaired) electrons. The molecule has 0 heterocycles. The van der Waals surface area contributed by atoms with E-state index < -0.39 is 10.8 Å². The van der Waals surface area contributed by atoms with Crippen molar-refractivity contribution in [3.8, 4) is 11.8 Å². The summed E-state index contributed by atoms with van der Waals surface area (Å²) in [6, 6.07) is 15.5. The minimum atomic E-state index is -0.637. The molecule has 0 aliphatic heterocycles. The molecule has 0 spiro atoms. The summed E-state index contributed by atoms with van der Waals surface area (Å²) in [6.07, 6.45) is 7.37. The summed E-state index contributed by atoms with van der Waals surface area (Å²) in [5, 5.41) is 9.19. The lowest BCUT2D eigenvalue weighted by atomic mass is 9.67. The predicted molar refractivity (Wildman–Crippen MR) is 156 cm³/mol. The van der Waals surface area contributed by atoms with Gasteiger partial charge in [0.1, 0.15) is 11.5 Å². The van der Waals surface area contributed by atoms with Gasteiger partial charge in [-0.3, -0.25) is 9.59 Å². The van der Waals surface area contributed by atoms with Gasteiger partial charge in [-0.25, -0.2) is 0 Å². The number of carbonyl (C=O) groups excluding carboxylic acids is 2. The number of carbonyl (C=O) groups is 2. The van der Waals surface area contributed by atoms with Crippen LogP contribution in [-0.4, -0.2) is 18.3 Å². The maximum atomic E-state index is 12.9. The minimum absolute atomic E-state index is 0.322. The number of aryl methyl sites for hydroxylation is 1. The monoisotopic (exact) mass is 520 g/mol. The van der Waals surface area contributed by atoms with Gasteiger partial charge in [-0.1, -0.05) is 65.2 Å². The van der Waals surface area contributed by atoms with Gasteiger partial charge in [0.15, 0.2) is 0 Å². The lowest BCUT2D eigenvalue weighted by molar-refractivity contribution is -0.125. The number of unbranched alkanes of at least 4 members (excludes halogenated alkanes) is 1. The summed E-state index contributed by atoms with van der Waals surface area (Å²) in [6.45, 7) is 14.9. The van der Waals surface area contributed by atoms with E-state index in [1.807, 2.05) is 56.3 Å². The van der Waals surface area contributed by atoms with Crippen molar-refractivity contribution in [1.29, 1.82) is 5.26 Å². The van der Waals surface area contributed by atoms with Crippen molar-refractivity contribution in [2.24, 2.45) is 5.73 Å². The Bertz CT molecular complexity index is 1060. The summed E-state index contributed by atoms with van der Waals surface area (Å²) >= 11 is 0. The number of primary amides is 1. The molecule has 1 amide bonds. The number of Topliss-reactive ketones (excluding diaryl/α,β-unsaturated/α-hetero) is 1. The van der Waals surface area contributed by atoms with E-state index in [9.17, 15) is 14.9 Å². The summed E-state index contributed by atoms with van der Waals surface area (Å²) in [7, 11) is 0. The van der Waals surface area contributed by atoms with Crippen molar-refractivity contribution in [2.45, 2.75) is 111 Å². The van der Waals surface area contributed by atoms with Gasteiger partial charge in [0.25, 0.3) is 0 Å². The first-order chi connectivity index (χ1) is 18.0. The smallest absolute Gasteiger partial charge is 0.227 e. The molecule has 0 saturated carbocycles. The molecule has 5 heteroatoms. The maximum Gasteiger partial charge on any atom is 0.227 e. The molecule has 0 bridgehead atoms. The molecular formula is C33H48N2O3. The first-order valence-electron chi connectivity index (χ1n) is 14.1. The third kappa shape index (κ3) is 8.72. The number of nitrogens with two attached hydrogens (primary N) is 1. The number of hydrogen-bond donors (Lipinski definition) is 1. The molecule has 0 aromatic heterocycles. The molecule has 2 aromatic rings. The van der Waals surface area contributed by atoms with E-state index >= 15 is 0 Å². The molecule has 0 atom stereocenters. The van der Waals surface area contributed by atoms with E-state index in [-0.39, 0.29) is 5.91 Å². The maximum absolute atomic E-state index is 12.9. The minimum Gasteiger partial charge on any atom is -0.494 e. The lowest BCUT2D eigenvalue weighted by Crippen LogP contribution is -2.36. The predicted octanol–water partition coefficient (Wildman–Crippen LogP) is 7.70. The van der Waals surface area contributed by atoms with Gasteiger partial charge in [-0.2, -0.15) is 5.26 Å². The SMILES string of the molecule is CCCC(=O)C(CCC)(CCC)c1cc(C#N)ccc1C.CCCCOc1ccc(C(C)(C)C(N)=O)cc1. The number of hydrogen-bond acceptors (Lipinski definition) is 4. The van der Waals surface area contributed by atoms with Crippen molar-refractivity contribution in [3.05, 3.63) is 64.7 Å². The topological polar surface area (TPSA) is 93.2 Å². The highest BCUT2D eigenvalue weighted by molar-refractivity contribution is 5.90. The van der Waals surface area contributed by atoms with Crippen LogP contribution in [0.3, 0.4) is 0 Å². The van der Waals surface area contributed by atoms with Crippen molar-refractivity contribution < 1.29 is 14.3 Å². The number of ketones is 1. The van der Waals surface area contributed by atoms with E-state index in [0.717, 1.165) is 74.0 Å². The Labute approximate surface area is 230 Å².